The molecule has 9 heteroatoms. The number of benzene rings is 2. The van der Waals surface area contributed by atoms with Crippen LogP contribution < -0.4 is 10.9 Å². The highest BCUT2D eigenvalue weighted by molar-refractivity contribution is 6.00. The third-order valence-corrected chi connectivity index (χ3v) is 4.10. The number of nitrogens with zero attached hydrogens (tertiary/aromatic N) is 1. The number of H-pyrrole nitrogens is 2. The van der Waals surface area contributed by atoms with Crippen LogP contribution in [0.3, 0.4) is 0 Å². The van der Waals surface area contributed by atoms with Crippen molar-refractivity contribution in [1.29, 1.82) is 0 Å². The van der Waals surface area contributed by atoms with Crippen LogP contribution in [0.1, 0.15) is 0 Å². The molecule has 0 radical (unpaired) electrons. The first-order valence-corrected chi connectivity index (χ1v) is 7.90. The van der Waals surface area contributed by atoms with E-state index in [1.807, 2.05) is 0 Å². The fourth-order valence-electron chi connectivity index (χ4n) is 2.93. The second-order valence-corrected chi connectivity index (χ2v) is 5.87. The predicted octanol–water partition coefficient (Wildman–Crippen LogP) is 2.85. The van der Waals surface area contributed by atoms with Crippen molar-refractivity contribution in [3.05, 3.63) is 58.4 Å². The molecule has 7 nitrogen and oxygen atoms in total. The van der Waals surface area contributed by atoms with Gasteiger partial charge in [-0.3, -0.25) is 9.59 Å². The third-order valence-electron chi connectivity index (χ3n) is 4.10. The molecular formula is C18H12F2N4O3. The maximum atomic E-state index is 13.8. The lowest BCUT2D eigenvalue weighted by molar-refractivity contribution is -0.134. The van der Waals surface area contributed by atoms with E-state index < -0.39 is 29.7 Å². The summed E-state index contributed by atoms with van der Waals surface area (Å²) in [6.07, 6.45) is 0. The van der Waals surface area contributed by atoms with Crippen molar-refractivity contribution in [2.24, 2.45) is 0 Å². The van der Waals surface area contributed by atoms with Gasteiger partial charge in [0.2, 0.25) is 0 Å². The van der Waals surface area contributed by atoms with Gasteiger partial charge in [0.05, 0.1) is 22.2 Å². The van der Waals surface area contributed by atoms with Gasteiger partial charge in [-0.15, -0.1) is 0 Å². The Labute approximate surface area is 149 Å². The van der Waals surface area contributed by atoms with E-state index in [9.17, 15) is 18.4 Å². The molecule has 136 valence electrons. The number of nitrogens with one attached hydrogen (secondary N) is 3. The Hall–Kier alpha value is -3.75. The number of aliphatic carboxylic acids is 1. The predicted molar refractivity (Wildman–Crippen MR) is 95.7 cm³/mol. The standard InChI is InChI=1S/C18H12F2N4O3/c19-9-5-8-13(6-10(9)20)24-18(27)15(16(8)21-7-14(25)26)17-22-11-3-1-2-4-12(11)23-17/h1-6H,7H2,(H,22,23)(H,25,26)(H2,21,24,27). The Morgan fingerprint density at radius 2 is 1.85 bits per heavy atom. The van der Waals surface area contributed by atoms with E-state index >= 15 is 0 Å². The maximum absolute atomic E-state index is 13.8. The summed E-state index contributed by atoms with van der Waals surface area (Å²) < 4.78 is 27.4. The van der Waals surface area contributed by atoms with Gasteiger partial charge in [0.15, 0.2) is 11.6 Å². The maximum Gasteiger partial charge on any atom is 0.322 e. The molecule has 0 fully saturated rings. The number of halogens is 2. The molecular weight excluding hydrogens is 358 g/mol. The highest BCUT2D eigenvalue weighted by Crippen LogP contribution is 2.31. The van der Waals surface area contributed by atoms with Crippen LogP contribution >= 0.6 is 0 Å². The lowest BCUT2D eigenvalue weighted by Gasteiger charge is -2.12. The molecule has 0 amide bonds. The van der Waals surface area contributed by atoms with Crippen molar-refractivity contribution in [2.75, 3.05) is 11.9 Å². The molecule has 0 unspecified atom stereocenters. The molecule has 0 atom stereocenters. The van der Waals surface area contributed by atoms with Crippen molar-refractivity contribution in [2.45, 2.75) is 0 Å². The molecule has 0 spiro atoms. The number of hydrogen-bond acceptors (Lipinski definition) is 4. The van der Waals surface area contributed by atoms with E-state index in [2.05, 4.69) is 20.3 Å². The molecule has 2 heterocycles. The molecule has 0 bridgehead atoms. The monoisotopic (exact) mass is 370 g/mol. The van der Waals surface area contributed by atoms with Crippen molar-refractivity contribution >= 4 is 33.6 Å². The van der Waals surface area contributed by atoms with Gasteiger partial charge in [0.25, 0.3) is 5.56 Å². The number of carbonyl (C=O) groups is 1. The van der Waals surface area contributed by atoms with Crippen molar-refractivity contribution in [1.82, 2.24) is 15.0 Å². The number of aromatic nitrogens is 3. The van der Waals surface area contributed by atoms with Crippen LogP contribution in [0.25, 0.3) is 33.3 Å². The van der Waals surface area contributed by atoms with Gasteiger partial charge < -0.3 is 20.4 Å². The highest BCUT2D eigenvalue weighted by Gasteiger charge is 2.20. The van der Waals surface area contributed by atoms with Crippen molar-refractivity contribution in [3.63, 3.8) is 0 Å². The van der Waals surface area contributed by atoms with Gasteiger partial charge in [-0.2, -0.15) is 0 Å². The van der Waals surface area contributed by atoms with Crippen LogP contribution in [0.15, 0.2) is 41.2 Å². The fourth-order valence-corrected chi connectivity index (χ4v) is 2.93. The van der Waals surface area contributed by atoms with E-state index in [4.69, 9.17) is 5.11 Å². The normalized spacial score (nSPS) is 11.2. The van der Waals surface area contributed by atoms with Gasteiger partial charge in [-0.25, -0.2) is 13.8 Å². The number of aromatic amines is 2. The summed E-state index contributed by atoms with van der Waals surface area (Å²) in [5.41, 5.74) is 0.732. The van der Waals surface area contributed by atoms with Gasteiger partial charge in [-0.1, -0.05) is 12.1 Å². The van der Waals surface area contributed by atoms with Crippen LogP contribution in [0.2, 0.25) is 0 Å². The minimum absolute atomic E-state index is 0.00552. The van der Waals surface area contributed by atoms with E-state index in [-0.39, 0.29) is 28.0 Å². The molecule has 2 aromatic carbocycles. The second kappa shape index (κ2) is 6.20. The Morgan fingerprint density at radius 3 is 2.59 bits per heavy atom. The number of anilines is 1. The number of hydrogen-bond donors (Lipinski definition) is 4. The zero-order valence-corrected chi connectivity index (χ0v) is 13.6. The largest absolute Gasteiger partial charge is 0.480 e. The van der Waals surface area contributed by atoms with Crippen molar-refractivity contribution < 1.29 is 18.7 Å². The van der Waals surface area contributed by atoms with Crippen LogP contribution in [0, 0.1) is 11.6 Å². The number of para-hydroxylation sites is 2. The Morgan fingerprint density at radius 1 is 1.11 bits per heavy atom. The van der Waals surface area contributed by atoms with Crippen LogP contribution in [0.4, 0.5) is 14.5 Å². The Kier molecular flexibility index (Phi) is 3.84. The van der Waals surface area contributed by atoms with Crippen molar-refractivity contribution in [3.8, 4) is 11.4 Å². The molecule has 4 N–H and O–H groups in total. The summed E-state index contributed by atoms with van der Waals surface area (Å²) in [7, 11) is 0. The second-order valence-electron chi connectivity index (χ2n) is 5.87. The SMILES string of the molecule is O=C(O)CNc1c(-c2nc3ccccc3[nH]2)c(=O)[nH]c2cc(F)c(F)cc12. The number of carboxylic acids is 1. The van der Waals surface area contributed by atoms with Gasteiger partial charge in [-0.05, 0) is 18.2 Å². The van der Waals surface area contributed by atoms with Crippen LogP contribution in [-0.2, 0) is 4.79 Å². The summed E-state index contributed by atoms with van der Waals surface area (Å²) in [6, 6.07) is 8.82. The van der Waals surface area contributed by atoms with Crippen LogP contribution in [-0.4, -0.2) is 32.6 Å². The molecule has 0 aliphatic heterocycles. The molecule has 4 aromatic rings. The van der Waals surface area contributed by atoms with E-state index in [0.717, 1.165) is 12.1 Å². The Bertz CT molecular complexity index is 1230. The molecule has 0 aliphatic carbocycles. The molecule has 0 aliphatic rings. The lowest BCUT2D eigenvalue weighted by atomic mass is 10.1. The Balaban J connectivity index is 2.04. The third kappa shape index (κ3) is 2.88. The lowest BCUT2D eigenvalue weighted by Crippen LogP contribution is -2.18. The molecule has 4 rings (SSSR count). The van der Waals surface area contributed by atoms with Gasteiger partial charge in [0, 0.05) is 11.5 Å². The molecule has 27 heavy (non-hydrogen) atoms. The zero-order valence-electron chi connectivity index (χ0n) is 13.6. The zero-order chi connectivity index (χ0) is 19.1. The minimum Gasteiger partial charge on any atom is -0.480 e. The highest BCUT2D eigenvalue weighted by atomic mass is 19.2. The number of carboxylic acid groups (broad SMARTS) is 1. The molecule has 2 aromatic heterocycles. The number of rotatable bonds is 4. The first-order chi connectivity index (χ1) is 12.9. The van der Waals surface area contributed by atoms with Gasteiger partial charge in [0.1, 0.15) is 17.9 Å². The molecule has 0 saturated carbocycles. The summed E-state index contributed by atoms with van der Waals surface area (Å²) >= 11 is 0. The van der Waals surface area contributed by atoms with Crippen LogP contribution in [0.5, 0.6) is 0 Å². The first-order valence-electron chi connectivity index (χ1n) is 7.90. The average Bonchev–Trinajstić information content (AvgIpc) is 3.04. The number of pyridine rings is 1. The van der Waals surface area contributed by atoms with E-state index in [0.29, 0.717) is 11.0 Å². The summed E-state index contributed by atoms with van der Waals surface area (Å²) in [5.74, 6) is -3.25. The van der Waals surface area contributed by atoms with Gasteiger partial charge >= 0.3 is 5.97 Å². The first kappa shape index (κ1) is 16.7. The smallest absolute Gasteiger partial charge is 0.322 e. The average molecular weight is 370 g/mol. The fraction of sp³-hybridized carbons (Fsp3) is 0.0556. The topological polar surface area (TPSA) is 111 Å². The summed E-state index contributed by atoms with van der Waals surface area (Å²) in [6.45, 7) is -0.523. The van der Waals surface area contributed by atoms with E-state index in [1.165, 1.54) is 0 Å². The molecule has 0 saturated heterocycles. The quantitative estimate of drug-likeness (QED) is 0.441. The number of fused-ring (bicyclic) bond motifs is 2. The van der Waals surface area contributed by atoms with E-state index in [1.54, 1.807) is 24.3 Å². The number of imidazole rings is 1. The summed E-state index contributed by atoms with van der Waals surface area (Å²) in [4.78, 5) is 33.5. The summed E-state index contributed by atoms with van der Waals surface area (Å²) in [5, 5.41) is 11.7. The minimum atomic E-state index is -1.18.